The summed E-state index contributed by atoms with van der Waals surface area (Å²) in [5.41, 5.74) is 0.643. The molecule has 0 aliphatic carbocycles. The molecule has 0 spiro atoms. The first kappa shape index (κ1) is 17.0. The minimum Gasteiger partial charge on any atom is -0.480 e. The van der Waals surface area contributed by atoms with Crippen molar-refractivity contribution >= 4 is 12.1 Å². The molecular formula is C15H21NO5. The second-order valence-electron chi connectivity index (χ2n) is 5.82. The van der Waals surface area contributed by atoms with Crippen LogP contribution in [0.15, 0.2) is 24.3 Å². The Balaban J connectivity index is 2.84. The van der Waals surface area contributed by atoms with E-state index in [1.807, 2.05) is 6.92 Å². The number of hydrogen-bond acceptors (Lipinski definition) is 4. The lowest BCUT2D eigenvalue weighted by molar-refractivity contribution is -0.142. The van der Waals surface area contributed by atoms with E-state index in [1.165, 1.54) is 0 Å². The number of aryl methyl sites for hydroxylation is 1. The fourth-order valence-corrected chi connectivity index (χ4v) is 1.67. The lowest BCUT2D eigenvalue weighted by atomic mass is 10.0. The normalized spacial score (nSPS) is 14.1. The Labute approximate surface area is 123 Å². The van der Waals surface area contributed by atoms with Gasteiger partial charge in [0.25, 0.3) is 0 Å². The summed E-state index contributed by atoms with van der Waals surface area (Å²) in [6, 6.07) is 5.26. The molecule has 6 nitrogen and oxygen atoms in total. The van der Waals surface area contributed by atoms with Crippen LogP contribution < -0.4 is 5.32 Å². The van der Waals surface area contributed by atoms with E-state index < -0.39 is 29.8 Å². The number of carboxylic acid groups (broad SMARTS) is 1. The molecule has 0 aliphatic heterocycles. The third-order valence-electron chi connectivity index (χ3n) is 2.67. The number of aliphatic hydroxyl groups is 1. The summed E-state index contributed by atoms with van der Waals surface area (Å²) in [5, 5.41) is 21.5. The number of ether oxygens (including phenoxy) is 1. The zero-order valence-electron chi connectivity index (χ0n) is 12.6. The Morgan fingerprint density at radius 2 is 1.71 bits per heavy atom. The molecule has 21 heavy (non-hydrogen) atoms. The molecule has 0 aromatic heterocycles. The van der Waals surface area contributed by atoms with Crippen molar-refractivity contribution < 1.29 is 24.5 Å². The minimum absolute atomic E-state index is 0.407. The van der Waals surface area contributed by atoms with Crippen LogP contribution in [0.4, 0.5) is 4.79 Å². The molecule has 0 bridgehead atoms. The number of benzene rings is 1. The van der Waals surface area contributed by atoms with Crippen LogP contribution >= 0.6 is 0 Å². The average molecular weight is 295 g/mol. The number of aliphatic carboxylic acids is 1. The van der Waals surface area contributed by atoms with Gasteiger partial charge in [0.2, 0.25) is 0 Å². The second-order valence-corrected chi connectivity index (χ2v) is 5.82. The lowest BCUT2D eigenvalue weighted by Gasteiger charge is -2.24. The van der Waals surface area contributed by atoms with Crippen LogP contribution in [0.3, 0.4) is 0 Å². The summed E-state index contributed by atoms with van der Waals surface area (Å²) in [6.07, 6.45) is -2.25. The highest BCUT2D eigenvalue weighted by molar-refractivity contribution is 5.80. The number of carbonyl (C=O) groups excluding carboxylic acids is 1. The maximum atomic E-state index is 11.7. The number of nitrogens with one attached hydrogen (secondary N) is 1. The number of carboxylic acids is 1. The van der Waals surface area contributed by atoms with Crippen molar-refractivity contribution in [1.82, 2.24) is 5.32 Å². The van der Waals surface area contributed by atoms with E-state index in [4.69, 9.17) is 4.74 Å². The van der Waals surface area contributed by atoms with Gasteiger partial charge in [-0.1, -0.05) is 29.8 Å². The number of aliphatic hydroxyl groups excluding tert-OH is 1. The molecule has 0 saturated carbocycles. The Hall–Kier alpha value is -2.08. The molecule has 0 saturated heterocycles. The first-order valence-electron chi connectivity index (χ1n) is 6.57. The molecule has 1 aromatic rings. The third-order valence-corrected chi connectivity index (χ3v) is 2.67. The van der Waals surface area contributed by atoms with Crippen molar-refractivity contribution in [2.45, 2.75) is 45.4 Å². The predicted octanol–water partition coefficient (Wildman–Crippen LogP) is 2.01. The molecule has 2 atom stereocenters. The van der Waals surface area contributed by atoms with E-state index >= 15 is 0 Å². The van der Waals surface area contributed by atoms with Crippen molar-refractivity contribution in [1.29, 1.82) is 0 Å². The van der Waals surface area contributed by atoms with E-state index in [0.717, 1.165) is 5.56 Å². The summed E-state index contributed by atoms with van der Waals surface area (Å²) >= 11 is 0. The molecule has 1 rings (SSSR count). The van der Waals surface area contributed by atoms with Gasteiger partial charge in [-0.3, -0.25) is 0 Å². The lowest BCUT2D eigenvalue weighted by Crippen LogP contribution is -2.46. The smallest absolute Gasteiger partial charge is 0.408 e. The van der Waals surface area contributed by atoms with Gasteiger partial charge in [-0.25, -0.2) is 9.59 Å². The van der Waals surface area contributed by atoms with Gasteiger partial charge in [0.1, 0.15) is 11.7 Å². The molecule has 2 unspecified atom stereocenters. The number of carbonyl (C=O) groups is 2. The largest absolute Gasteiger partial charge is 0.480 e. The van der Waals surface area contributed by atoms with Crippen LogP contribution in [0.1, 0.15) is 38.0 Å². The number of rotatable bonds is 4. The summed E-state index contributed by atoms with van der Waals surface area (Å²) in [6.45, 7) is 6.88. The Morgan fingerprint density at radius 1 is 1.19 bits per heavy atom. The van der Waals surface area contributed by atoms with Gasteiger partial charge in [-0.05, 0) is 33.3 Å². The number of hydrogen-bond donors (Lipinski definition) is 3. The first-order valence-corrected chi connectivity index (χ1v) is 6.57. The van der Waals surface area contributed by atoms with Crippen LogP contribution in [-0.4, -0.2) is 33.9 Å². The van der Waals surface area contributed by atoms with Crippen LogP contribution in [-0.2, 0) is 9.53 Å². The summed E-state index contributed by atoms with van der Waals surface area (Å²) in [4.78, 5) is 22.9. The van der Waals surface area contributed by atoms with Crippen molar-refractivity contribution in [2.24, 2.45) is 0 Å². The van der Waals surface area contributed by atoms with Crippen LogP contribution in [0.25, 0.3) is 0 Å². The molecule has 1 amide bonds. The van der Waals surface area contributed by atoms with E-state index in [-0.39, 0.29) is 0 Å². The maximum absolute atomic E-state index is 11.7. The van der Waals surface area contributed by atoms with E-state index in [0.29, 0.717) is 5.56 Å². The fourth-order valence-electron chi connectivity index (χ4n) is 1.67. The molecular weight excluding hydrogens is 274 g/mol. The summed E-state index contributed by atoms with van der Waals surface area (Å²) in [5.74, 6) is -1.34. The minimum atomic E-state index is -1.48. The fraction of sp³-hybridized carbons (Fsp3) is 0.467. The van der Waals surface area contributed by atoms with Crippen LogP contribution in [0.5, 0.6) is 0 Å². The molecule has 0 heterocycles. The highest BCUT2D eigenvalue weighted by Crippen LogP contribution is 2.18. The SMILES string of the molecule is Cc1ccc(C(O)C(NC(=O)OC(C)(C)C)C(=O)O)cc1. The maximum Gasteiger partial charge on any atom is 0.408 e. The highest BCUT2D eigenvalue weighted by Gasteiger charge is 2.31. The summed E-state index contributed by atoms with van der Waals surface area (Å²) in [7, 11) is 0. The Kier molecular flexibility index (Phi) is 5.32. The molecule has 3 N–H and O–H groups in total. The van der Waals surface area contributed by atoms with Gasteiger partial charge >= 0.3 is 12.1 Å². The second kappa shape index (κ2) is 6.58. The van der Waals surface area contributed by atoms with Gasteiger partial charge in [-0.15, -0.1) is 0 Å². The van der Waals surface area contributed by atoms with Gasteiger partial charge in [-0.2, -0.15) is 0 Å². The average Bonchev–Trinajstić information content (AvgIpc) is 2.33. The predicted molar refractivity (Wildman–Crippen MR) is 76.9 cm³/mol. The molecule has 0 fully saturated rings. The van der Waals surface area contributed by atoms with Gasteiger partial charge in [0.15, 0.2) is 6.04 Å². The summed E-state index contributed by atoms with van der Waals surface area (Å²) < 4.78 is 5.00. The Bertz CT molecular complexity index is 504. The van der Waals surface area contributed by atoms with Crippen LogP contribution in [0, 0.1) is 6.92 Å². The topological polar surface area (TPSA) is 95.9 Å². The van der Waals surface area contributed by atoms with Crippen molar-refractivity contribution in [2.75, 3.05) is 0 Å². The van der Waals surface area contributed by atoms with E-state index in [1.54, 1.807) is 45.0 Å². The zero-order chi connectivity index (χ0) is 16.2. The van der Waals surface area contributed by atoms with Crippen LogP contribution in [0.2, 0.25) is 0 Å². The Morgan fingerprint density at radius 3 is 2.14 bits per heavy atom. The molecule has 6 heteroatoms. The third kappa shape index (κ3) is 5.43. The number of amides is 1. The monoisotopic (exact) mass is 295 g/mol. The zero-order valence-corrected chi connectivity index (χ0v) is 12.6. The number of alkyl carbamates (subject to hydrolysis) is 1. The molecule has 116 valence electrons. The van der Waals surface area contributed by atoms with E-state index in [2.05, 4.69) is 5.32 Å². The molecule has 1 aromatic carbocycles. The standard InChI is InChI=1S/C15H21NO5/c1-9-5-7-10(8-6-9)12(17)11(13(18)19)16-14(20)21-15(2,3)4/h5-8,11-12,17H,1-4H3,(H,16,20)(H,18,19). The van der Waals surface area contributed by atoms with Gasteiger partial charge < -0.3 is 20.3 Å². The quantitative estimate of drug-likeness (QED) is 0.789. The van der Waals surface area contributed by atoms with E-state index in [9.17, 15) is 19.8 Å². The molecule has 0 radical (unpaired) electrons. The highest BCUT2D eigenvalue weighted by atomic mass is 16.6. The van der Waals surface area contributed by atoms with Crippen molar-refractivity contribution in [3.8, 4) is 0 Å². The van der Waals surface area contributed by atoms with Gasteiger partial charge in [0, 0.05) is 0 Å². The first-order chi connectivity index (χ1) is 9.60. The van der Waals surface area contributed by atoms with Crippen molar-refractivity contribution in [3.63, 3.8) is 0 Å². The molecule has 0 aliphatic rings. The van der Waals surface area contributed by atoms with Gasteiger partial charge in [0.05, 0.1) is 0 Å². The van der Waals surface area contributed by atoms with Crippen molar-refractivity contribution in [3.05, 3.63) is 35.4 Å².